The van der Waals surface area contributed by atoms with E-state index in [0.717, 1.165) is 26.1 Å². The summed E-state index contributed by atoms with van der Waals surface area (Å²) in [6.07, 6.45) is 2.04. The van der Waals surface area contributed by atoms with Crippen molar-refractivity contribution in [2.45, 2.75) is 47.5 Å². The van der Waals surface area contributed by atoms with Crippen molar-refractivity contribution < 1.29 is 19.4 Å². The number of rotatable bonds is 5. The summed E-state index contributed by atoms with van der Waals surface area (Å²) in [5.74, 6) is -0.211. The standard InChI is InChI=1S/C4H8O2.2C4H10O/c1-3-6-4(2)5;1-3-5-4-2;1-2-3-4-5/h3H2,1-2H3;3-4H2,1-2H3;5H,2-4H2,1H3. The first kappa shape index (κ1) is 20.8. The molecule has 0 aliphatic rings. The molecule has 0 amide bonds. The Kier molecular flexibility index (Phi) is 31.0. The largest absolute Gasteiger partial charge is 0.466 e. The highest BCUT2D eigenvalue weighted by molar-refractivity contribution is 5.65. The minimum Gasteiger partial charge on any atom is -0.466 e. The average Bonchev–Trinajstić information content (AvgIpc) is 2.21. The van der Waals surface area contributed by atoms with Crippen LogP contribution in [0.5, 0.6) is 0 Å². The first-order chi connectivity index (χ1) is 7.60. The van der Waals surface area contributed by atoms with E-state index in [0.29, 0.717) is 13.2 Å². The molecule has 0 spiro atoms. The number of carbonyl (C=O) groups excluding carboxylic acids is 1. The van der Waals surface area contributed by atoms with Gasteiger partial charge in [0.25, 0.3) is 0 Å². The monoisotopic (exact) mass is 236 g/mol. The Balaban J connectivity index is -0.000000160. The van der Waals surface area contributed by atoms with Crippen LogP contribution < -0.4 is 0 Å². The van der Waals surface area contributed by atoms with Crippen LogP contribution in [0.3, 0.4) is 0 Å². The Morgan fingerprint density at radius 1 is 1.06 bits per heavy atom. The van der Waals surface area contributed by atoms with Crippen LogP contribution in [0.25, 0.3) is 0 Å². The van der Waals surface area contributed by atoms with Crippen LogP contribution in [0.4, 0.5) is 0 Å². The van der Waals surface area contributed by atoms with Gasteiger partial charge in [-0.25, -0.2) is 0 Å². The van der Waals surface area contributed by atoms with E-state index in [1.54, 1.807) is 6.92 Å². The van der Waals surface area contributed by atoms with E-state index in [2.05, 4.69) is 11.7 Å². The van der Waals surface area contributed by atoms with Gasteiger partial charge in [0, 0.05) is 26.7 Å². The van der Waals surface area contributed by atoms with E-state index in [9.17, 15) is 4.79 Å². The van der Waals surface area contributed by atoms with Gasteiger partial charge in [-0.05, 0) is 27.2 Å². The van der Waals surface area contributed by atoms with Gasteiger partial charge < -0.3 is 14.6 Å². The van der Waals surface area contributed by atoms with E-state index in [1.165, 1.54) is 6.92 Å². The molecule has 0 atom stereocenters. The summed E-state index contributed by atoms with van der Waals surface area (Å²) in [7, 11) is 0. The van der Waals surface area contributed by atoms with E-state index in [4.69, 9.17) is 9.84 Å². The maximum absolute atomic E-state index is 9.82. The predicted molar refractivity (Wildman–Crippen MR) is 66.5 cm³/mol. The first-order valence-corrected chi connectivity index (χ1v) is 5.92. The minimum atomic E-state index is -0.211. The molecule has 4 nitrogen and oxygen atoms in total. The SMILES string of the molecule is CCCCO.CCOC(C)=O.CCOCC. The molecule has 16 heavy (non-hydrogen) atoms. The first-order valence-electron chi connectivity index (χ1n) is 5.92. The fourth-order valence-electron chi connectivity index (χ4n) is 0.566. The van der Waals surface area contributed by atoms with Crippen LogP contribution in [0.1, 0.15) is 47.5 Å². The average molecular weight is 236 g/mol. The molecule has 0 fully saturated rings. The second-order valence-corrected chi connectivity index (χ2v) is 2.78. The van der Waals surface area contributed by atoms with Gasteiger partial charge >= 0.3 is 5.97 Å². The van der Waals surface area contributed by atoms with Crippen molar-refractivity contribution in [3.63, 3.8) is 0 Å². The van der Waals surface area contributed by atoms with Crippen molar-refractivity contribution in [3.05, 3.63) is 0 Å². The van der Waals surface area contributed by atoms with Gasteiger partial charge in [-0.2, -0.15) is 0 Å². The molecule has 0 aromatic heterocycles. The molecule has 100 valence electrons. The van der Waals surface area contributed by atoms with E-state index >= 15 is 0 Å². The van der Waals surface area contributed by atoms with Gasteiger partial charge in [-0.1, -0.05) is 13.3 Å². The van der Waals surface area contributed by atoms with Gasteiger partial charge in [0.05, 0.1) is 6.61 Å². The summed E-state index contributed by atoms with van der Waals surface area (Å²) in [5, 5.41) is 8.07. The van der Waals surface area contributed by atoms with Gasteiger partial charge in [0.15, 0.2) is 0 Å². The highest BCUT2D eigenvalue weighted by atomic mass is 16.5. The number of aliphatic hydroxyl groups is 1. The third-order valence-corrected chi connectivity index (χ3v) is 1.27. The number of esters is 1. The van der Waals surface area contributed by atoms with Crippen molar-refractivity contribution in [3.8, 4) is 0 Å². The van der Waals surface area contributed by atoms with Gasteiger partial charge in [0.1, 0.15) is 0 Å². The third-order valence-electron chi connectivity index (χ3n) is 1.27. The molecule has 1 N–H and O–H groups in total. The third kappa shape index (κ3) is 50.3. The molecule has 0 bridgehead atoms. The minimum absolute atomic E-state index is 0.211. The zero-order valence-electron chi connectivity index (χ0n) is 11.4. The number of aliphatic hydroxyl groups excluding tert-OH is 1. The molecule has 0 heterocycles. The Morgan fingerprint density at radius 3 is 1.56 bits per heavy atom. The lowest BCUT2D eigenvalue weighted by Gasteiger charge is -1.89. The Bertz CT molecular complexity index is 106. The molecule has 0 rings (SSSR count). The topological polar surface area (TPSA) is 55.8 Å². The molecule has 0 aromatic carbocycles. The summed E-state index contributed by atoms with van der Waals surface area (Å²) in [6, 6.07) is 0. The quantitative estimate of drug-likeness (QED) is 0.745. The Hall–Kier alpha value is -0.610. The van der Waals surface area contributed by atoms with Crippen molar-refractivity contribution in [1.29, 1.82) is 0 Å². The number of carbonyl (C=O) groups is 1. The second-order valence-electron chi connectivity index (χ2n) is 2.78. The highest BCUT2D eigenvalue weighted by Gasteiger charge is 1.81. The maximum Gasteiger partial charge on any atom is 0.302 e. The Morgan fingerprint density at radius 2 is 1.56 bits per heavy atom. The van der Waals surface area contributed by atoms with E-state index in [1.807, 2.05) is 13.8 Å². The fourth-order valence-corrected chi connectivity index (χ4v) is 0.566. The molecular formula is C12H28O4. The summed E-state index contributed by atoms with van der Waals surface area (Å²) < 4.78 is 9.24. The van der Waals surface area contributed by atoms with Crippen LogP contribution in [-0.4, -0.2) is 37.5 Å². The molecule has 0 radical (unpaired) electrons. The van der Waals surface area contributed by atoms with Crippen LogP contribution in [-0.2, 0) is 14.3 Å². The number of hydrogen-bond donors (Lipinski definition) is 1. The van der Waals surface area contributed by atoms with Crippen molar-refractivity contribution in [2.24, 2.45) is 0 Å². The summed E-state index contributed by atoms with van der Waals surface area (Å²) in [5.41, 5.74) is 0. The molecule has 0 unspecified atom stereocenters. The van der Waals surface area contributed by atoms with Gasteiger partial charge in [-0.3, -0.25) is 4.79 Å². The second kappa shape index (κ2) is 23.9. The molecule has 0 aromatic rings. The normalized spacial score (nSPS) is 8.12. The summed E-state index contributed by atoms with van der Waals surface area (Å²) in [6.45, 7) is 11.7. The molecule has 4 heteroatoms. The fraction of sp³-hybridized carbons (Fsp3) is 0.917. The lowest BCUT2D eigenvalue weighted by molar-refractivity contribution is -0.140. The predicted octanol–water partition coefficient (Wildman–Crippen LogP) is 2.39. The van der Waals surface area contributed by atoms with Gasteiger partial charge in [0.2, 0.25) is 0 Å². The van der Waals surface area contributed by atoms with Crippen molar-refractivity contribution >= 4 is 5.97 Å². The highest BCUT2D eigenvalue weighted by Crippen LogP contribution is 1.78. The van der Waals surface area contributed by atoms with Crippen LogP contribution >= 0.6 is 0 Å². The lowest BCUT2D eigenvalue weighted by Crippen LogP contribution is -1.95. The number of unbranched alkanes of at least 4 members (excludes halogenated alkanes) is 1. The number of hydrogen-bond acceptors (Lipinski definition) is 4. The van der Waals surface area contributed by atoms with Gasteiger partial charge in [-0.15, -0.1) is 0 Å². The van der Waals surface area contributed by atoms with E-state index in [-0.39, 0.29) is 5.97 Å². The van der Waals surface area contributed by atoms with Crippen molar-refractivity contribution in [2.75, 3.05) is 26.4 Å². The maximum atomic E-state index is 9.82. The molecule has 0 saturated heterocycles. The zero-order chi connectivity index (χ0) is 13.2. The zero-order valence-corrected chi connectivity index (χ0v) is 11.4. The molecule has 0 aliphatic heterocycles. The summed E-state index contributed by atoms with van der Waals surface area (Å²) in [4.78, 5) is 9.82. The van der Waals surface area contributed by atoms with E-state index < -0.39 is 0 Å². The smallest absolute Gasteiger partial charge is 0.302 e. The van der Waals surface area contributed by atoms with Crippen LogP contribution in [0.2, 0.25) is 0 Å². The molecular weight excluding hydrogens is 208 g/mol. The Labute approximate surface area is 99.9 Å². The van der Waals surface area contributed by atoms with Crippen LogP contribution in [0.15, 0.2) is 0 Å². The molecule has 0 saturated carbocycles. The lowest BCUT2D eigenvalue weighted by atomic mass is 10.4. The van der Waals surface area contributed by atoms with Crippen LogP contribution in [0, 0.1) is 0 Å². The van der Waals surface area contributed by atoms with Crippen molar-refractivity contribution in [1.82, 2.24) is 0 Å². The molecule has 0 aliphatic carbocycles. The summed E-state index contributed by atoms with van der Waals surface area (Å²) >= 11 is 0. The number of ether oxygens (including phenoxy) is 2.